The Morgan fingerprint density at radius 1 is 1.29 bits per heavy atom. The van der Waals surface area contributed by atoms with E-state index in [-0.39, 0.29) is 11.8 Å². The van der Waals surface area contributed by atoms with E-state index in [2.05, 4.69) is 10.6 Å². The number of thiophene rings is 1. The largest absolute Gasteiger partial charge is 0.326 e. The van der Waals surface area contributed by atoms with Crippen molar-refractivity contribution in [3.05, 3.63) is 52.2 Å². The van der Waals surface area contributed by atoms with Crippen LogP contribution in [0.5, 0.6) is 0 Å². The Morgan fingerprint density at radius 2 is 2.19 bits per heavy atom. The van der Waals surface area contributed by atoms with E-state index < -0.39 is 0 Å². The topological polar surface area (TPSA) is 58.2 Å². The first-order chi connectivity index (χ1) is 10.2. The van der Waals surface area contributed by atoms with Crippen LogP contribution in [0.3, 0.4) is 0 Å². The Morgan fingerprint density at radius 3 is 3.00 bits per heavy atom. The molecule has 4 nitrogen and oxygen atoms in total. The molecule has 0 aliphatic carbocycles. The van der Waals surface area contributed by atoms with Gasteiger partial charge in [0, 0.05) is 28.7 Å². The molecule has 3 rings (SSSR count). The molecular weight excluding hydrogens is 284 g/mol. The average molecular weight is 298 g/mol. The Bertz CT molecular complexity index is 705. The number of hydrogen-bond donors (Lipinski definition) is 2. The van der Waals surface area contributed by atoms with Crippen LogP contribution < -0.4 is 10.6 Å². The molecule has 2 amide bonds. The second-order valence-corrected chi connectivity index (χ2v) is 5.74. The Hall–Kier alpha value is -2.40. The summed E-state index contributed by atoms with van der Waals surface area (Å²) in [6.45, 7) is 0. The zero-order valence-corrected chi connectivity index (χ0v) is 12.1. The second-order valence-electron chi connectivity index (χ2n) is 4.76. The number of fused-ring (bicyclic) bond motifs is 1. The van der Waals surface area contributed by atoms with Crippen molar-refractivity contribution in [3.63, 3.8) is 0 Å². The van der Waals surface area contributed by atoms with Gasteiger partial charge in [-0.05, 0) is 47.7 Å². The van der Waals surface area contributed by atoms with Gasteiger partial charge in [0.2, 0.25) is 11.8 Å². The first-order valence-electron chi connectivity index (χ1n) is 6.66. The van der Waals surface area contributed by atoms with Crippen molar-refractivity contribution < 1.29 is 9.59 Å². The summed E-state index contributed by atoms with van der Waals surface area (Å²) in [4.78, 5) is 24.2. The molecule has 0 unspecified atom stereocenters. The molecule has 1 aromatic carbocycles. The fourth-order valence-corrected chi connectivity index (χ4v) is 2.81. The lowest BCUT2D eigenvalue weighted by Crippen LogP contribution is -2.19. The number of amides is 2. The van der Waals surface area contributed by atoms with Gasteiger partial charge in [0.1, 0.15) is 0 Å². The van der Waals surface area contributed by atoms with Crippen molar-refractivity contribution in [2.75, 3.05) is 10.6 Å². The normalized spacial score (nSPS) is 13.8. The van der Waals surface area contributed by atoms with Gasteiger partial charge in [0.05, 0.1) is 0 Å². The van der Waals surface area contributed by atoms with E-state index in [0.717, 1.165) is 21.8 Å². The minimum Gasteiger partial charge on any atom is -0.326 e. The van der Waals surface area contributed by atoms with Crippen LogP contribution >= 0.6 is 11.3 Å². The maximum absolute atomic E-state index is 11.9. The fraction of sp³-hybridized carbons (Fsp3) is 0.125. The van der Waals surface area contributed by atoms with Crippen LogP contribution in [0, 0.1) is 0 Å². The summed E-state index contributed by atoms with van der Waals surface area (Å²) >= 11 is 1.58. The molecule has 0 radical (unpaired) electrons. The Labute approximate surface area is 126 Å². The predicted molar refractivity (Wildman–Crippen MR) is 85.4 cm³/mol. The van der Waals surface area contributed by atoms with Gasteiger partial charge in [-0.3, -0.25) is 9.59 Å². The summed E-state index contributed by atoms with van der Waals surface area (Å²) in [5.74, 6) is -0.124. The Balaban J connectivity index is 1.68. The first kappa shape index (κ1) is 13.6. The molecule has 0 saturated heterocycles. The van der Waals surface area contributed by atoms with Crippen LogP contribution in [0.4, 0.5) is 11.4 Å². The minimum atomic E-state index is -0.164. The third-order valence-corrected chi connectivity index (χ3v) is 4.05. The molecule has 2 aromatic rings. The Kier molecular flexibility index (Phi) is 3.83. The molecule has 0 bridgehead atoms. The van der Waals surface area contributed by atoms with E-state index in [0.29, 0.717) is 12.8 Å². The fourth-order valence-electron chi connectivity index (χ4n) is 2.19. The van der Waals surface area contributed by atoms with E-state index in [4.69, 9.17) is 0 Å². The highest BCUT2D eigenvalue weighted by atomic mass is 32.1. The lowest BCUT2D eigenvalue weighted by molar-refractivity contribution is -0.116. The average Bonchev–Trinajstić information content (AvgIpc) is 2.99. The molecule has 1 aliphatic heterocycles. The van der Waals surface area contributed by atoms with Crippen LogP contribution in [-0.2, 0) is 16.0 Å². The molecule has 2 heterocycles. The number of aryl methyl sites for hydroxylation is 1. The SMILES string of the molecule is O=C(/C=C/c1cccs1)Nc1ccc2c(c1)CCC(=O)N2. The zero-order chi connectivity index (χ0) is 14.7. The molecule has 1 aromatic heterocycles. The lowest BCUT2D eigenvalue weighted by atomic mass is 10.0. The van der Waals surface area contributed by atoms with Crippen molar-refractivity contribution >= 4 is 40.6 Å². The molecule has 106 valence electrons. The molecule has 0 saturated carbocycles. The van der Waals surface area contributed by atoms with Gasteiger partial charge >= 0.3 is 0 Å². The molecule has 2 N–H and O–H groups in total. The summed E-state index contributed by atoms with van der Waals surface area (Å²) in [5, 5.41) is 7.62. The number of carbonyl (C=O) groups is 2. The molecule has 1 aliphatic rings. The van der Waals surface area contributed by atoms with Crippen LogP contribution in [0.15, 0.2) is 41.8 Å². The lowest BCUT2D eigenvalue weighted by Gasteiger charge is -2.17. The van der Waals surface area contributed by atoms with Gasteiger partial charge < -0.3 is 10.6 Å². The van der Waals surface area contributed by atoms with Crippen LogP contribution in [0.25, 0.3) is 6.08 Å². The van der Waals surface area contributed by atoms with Crippen molar-refractivity contribution in [2.45, 2.75) is 12.8 Å². The highest BCUT2D eigenvalue weighted by Gasteiger charge is 2.14. The third-order valence-electron chi connectivity index (χ3n) is 3.21. The molecule has 0 spiro atoms. The van der Waals surface area contributed by atoms with E-state index in [1.807, 2.05) is 29.6 Å². The van der Waals surface area contributed by atoms with Gasteiger partial charge in [-0.15, -0.1) is 11.3 Å². The second kappa shape index (κ2) is 5.93. The van der Waals surface area contributed by atoms with Crippen molar-refractivity contribution in [3.8, 4) is 0 Å². The molecule has 0 atom stereocenters. The highest BCUT2D eigenvalue weighted by molar-refractivity contribution is 7.10. The quantitative estimate of drug-likeness (QED) is 0.854. The predicted octanol–water partition coefficient (Wildman–Crippen LogP) is 3.28. The monoisotopic (exact) mass is 298 g/mol. The molecular formula is C16H14N2O2S. The zero-order valence-electron chi connectivity index (χ0n) is 11.3. The number of anilines is 2. The van der Waals surface area contributed by atoms with Gasteiger partial charge in [0.25, 0.3) is 0 Å². The van der Waals surface area contributed by atoms with Gasteiger partial charge in [0.15, 0.2) is 0 Å². The third kappa shape index (κ3) is 3.38. The van der Waals surface area contributed by atoms with Crippen molar-refractivity contribution in [1.82, 2.24) is 0 Å². The van der Waals surface area contributed by atoms with Crippen molar-refractivity contribution in [2.24, 2.45) is 0 Å². The number of hydrogen-bond acceptors (Lipinski definition) is 3. The molecule has 21 heavy (non-hydrogen) atoms. The minimum absolute atomic E-state index is 0.0400. The number of nitrogens with one attached hydrogen (secondary N) is 2. The summed E-state index contributed by atoms with van der Waals surface area (Å²) < 4.78 is 0. The summed E-state index contributed by atoms with van der Waals surface area (Å²) in [6, 6.07) is 9.42. The van der Waals surface area contributed by atoms with Gasteiger partial charge in [-0.2, -0.15) is 0 Å². The highest BCUT2D eigenvalue weighted by Crippen LogP contribution is 2.25. The molecule has 5 heteroatoms. The number of benzene rings is 1. The number of rotatable bonds is 3. The standard InChI is InChI=1S/C16H14N2O2S/c19-15(8-5-13-2-1-9-21-13)17-12-4-6-14-11(10-12)3-7-16(20)18-14/h1-2,4-6,8-10H,3,7H2,(H,17,19)(H,18,20)/b8-5+. The van der Waals surface area contributed by atoms with Gasteiger partial charge in [-0.1, -0.05) is 6.07 Å². The summed E-state index contributed by atoms with van der Waals surface area (Å²) in [6.07, 6.45) is 4.50. The smallest absolute Gasteiger partial charge is 0.248 e. The van der Waals surface area contributed by atoms with Gasteiger partial charge in [-0.25, -0.2) is 0 Å². The summed E-state index contributed by atoms with van der Waals surface area (Å²) in [7, 11) is 0. The van der Waals surface area contributed by atoms with Crippen LogP contribution in [0.1, 0.15) is 16.9 Å². The van der Waals surface area contributed by atoms with E-state index in [1.165, 1.54) is 6.08 Å². The van der Waals surface area contributed by atoms with Crippen molar-refractivity contribution in [1.29, 1.82) is 0 Å². The van der Waals surface area contributed by atoms with E-state index >= 15 is 0 Å². The van der Waals surface area contributed by atoms with Crippen LogP contribution in [0.2, 0.25) is 0 Å². The van der Waals surface area contributed by atoms with Crippen LogP contribution in [-0.4, -0.2) is 11.8 Å². The maximum Gasteiger partial charge on any atom is 0.248 e. The summed E-state index contributed by atoms with van der Waals surface area (Å²) in [5.41, 5.74) is 2.62. The molecule has 0 fully saturated rings. The first-order valence-corrected chi connectivity index (χ1v) is 7.54. The number of carbonyl (C=O) groups excluding carboxylic acids is 2. The van der Waals surface area contributed by atoms with E-state index in [1.54, 1.807) is 23.5 Å². The van der Waals surface area contributed by atoms with E-state index in [9.17, 15) is 9.59 Å². The maximum atomic E-state index is 11.9.